The zero-order valence-electron chi connectivity index (χ0n) is 18.7. The van der Waals surface area contributed by atoms with Crippen LogP contribution in [0, 0.1) is 0 Å². The van der Waals surface area contributed by atoms with Crippen LogP contribution in [0.15, 0.2) is 40.8 Å². The van der Waals surface area contributed by atoms with Gasteiger partial charge in [0.05, 0.1) is 14.2 Å². The standard InChI is InChI=1S/C25H28N4O3/c1-4-18-19-12-16(24-28-29-25(32-24)17-6-5-11-26-14-17)7-9-20(19)27-23(18)15-8-10-21(30-2)22(13-15)31-3/h7-10,12-13,17,26-27H,4-6,11,14H2,1-3H3/t17-/m1/s1. The first-order valence-electron chi connectivity index (χ1n) is 11.1. The molecule has 0 radical (unpaired) electrons. The molecular formula is C25H28N4O3. The smallest absolute Gasteiger partial charge is 0.247 e. The van der Waals surface area contributed by atoms with Gasteiger partial charge in [0.1, 0.15) is 0 Å². The first-order chi connectivity index (χ1) is 15.7. The zero-order valence-corrected chi connectivity index (χ0v) is 18.7. The quantitative estimate of drug-likeness (QED) is 0.449. The summed E-state index contributed by atoms with van der Waals surface area (Å²) in [5.74, 6) is 3.02. The Labute approximate surface area is 187 Å². The van der Waals surface area contributed by atoms with E-state index in [0.717, 1.165) is 66.0 Å². The Kier molecular flexibility index (Phi) is 5.57. The molecule has 7 nitrogen and oxygen atoms in total. The SMILES string of the molecule is CCc1c(-c2ccc(OC)c(OC)c2)[nH]c2ccc(-c3nnc([C@@H]4CCCNC4)o3)cc12. The molecule has 1 aliphatic rings. The molecule has 2 N–H and O–H groups in total. The van der Waals surface area contributed by atoms with Gasteiger partial charge in [-0.05, 0) is 67.8 Å². The van der Waals surface area contributed by atoms with E-state index < -0.39 is 0 Å². The number of piperidine rings is 1. The largest absolute Gasteiger partial charge is 0.493 e. The van der Waals surface area contributed by atoms with Crippen molar-refractivity contribution in [1.29, 1.82) is 0 Å². The molecule has 0 saturated carbocycles. The van der Waals surface area contributed by atoms with Crippen LogP contribution in [0.25, 0.3) is 33.6 Å². The molecule has 5 rings (SSSR count). The lowest BCUT2D eigenvalue weighted by atomic mass is 10.00. The zero-order chi connectivity index (χ0) is 22.1. The highest BCUT2D eigenvalue weighted by molar-refractivity contribution is 5.93. The van der Waals surface area contributed by atoms with Gasteiger partial charge in [0.2, 0.25) is 11.8 Å². The summed E-state index contributed by atoms with van der Waals surface area (Å²) in [7, 11) is 3.30. The molecule has 7 heteroatoms. The fourth-order valence-electron chi connectivity index (χ4n) is 4.56. The van der Waals surface area contributed by atoms with Crippen LogP contribution in [0.4, 0.5) is 0 Å². The third-order valence-corrected chi connectivity index (χ3v) is 6.27. The second kappa shape index (κ2) is 8.67. The number of aryl methyl sites for hydroxylation is 1. The van der Waals surface area contributed by atoms with Crippen molar-refractivity contribution in [3.8, 4) is 34.2 Å². The highest BCUT2D eigenvalue weighted by Crippen LogP contribution is 2.37. The maximum atomic E-state index is 6.08. The fraction of sp³-hybridized carbons (Fsp3) is 0.360. The van der Waals surface area contributed by atoms with E-state index in [4.69, 9.17) is 13.9 Å². The number of H-pyrrole nitrogens is 1. The van der Waals surface area contributed by atoms with Crippen molar-refractivity contribution in [2.75, 3.05) is 27.3 Å². The minimum atomic E-state index is 0.295. The minimum absolute atomic E-state index is 0.295. The van der Waals surface area contributed by atoms with E-state index >= 15 is 0 Å². The molecule has 2 aromatic heterocycles. The van der Waals surface area contributed by atoms with Gasteiger partial charge in [0.15, 0.2) is 11.5 Å². The minimum Gasteiger partial charge on any atom is -0.493 e. The Bertz CT molecular complexity index is 1240. The number of aromatic amines is 1. The number of aromatic nitrogens is 3. The van der Waals surface area contributed by atoms with Crippen molar-refractivity contribution >= 4 is 10.9 Å². The maximum Gasteiger partial charge on any atom is 0.247 e. The molecule has 1 atom stereocenters. The lowest BCUT2D eigenvalue weighted by molar-refractivity contribution is 0.355. The molecule has 0 amide bonds. The van der Waals surface area contributed by atoms with E-state index in [1.54, 1.807) is 14.2 Å². The van der Waals surface area contributed by atoms with E-state index in [1.165, 1.54) is 5.56 Å². The predicted molar refractivity (Wildman–Crippen MR) is 124 cm³/mol. The van der Waals surface area contributed by atoms with E-state index in [-0.39, 0.29) is 0 Å². The summed E-state index contributed by atoms with van der Waals surface area (Å²) in [5.41, 5.74) is 5.40. The highest BCUT2D eigenvalue weighted by Gasteiger charge is 2.22. The van der Waals surface area contributed by atoms with Crippen LogP contribution in [0.2, 0.25) is 0 Å². The fourth-order valence-corrected chi connectivity index (χ4v) is 4.56. The third-order valence-electron chi connectivity index (χ3n) is 6.27. The first kappa shape index (κ1) is 20.6. The van der Waals surface area contributed by atoms with Crippen LogP contribution in [0.5, 0.6) is 11.5 Å². The van der Waals surface area contributed by atoms with Crippen molar-refractivity contribution in [2.24, 2.45) is 0 Å². The predicted octanol–water partition coefficient (Wildman–Crippen LogP) is 4.93. The molecule has 0 bridgehead atoms. The molecule has 4 aromatic rings. The Morgan fingerprint density at radius 3 is 2.62 bits per heavy atom. The van der Waals surface area contributed by atoms with Crippen LogP contribution in [-0.2, 0) is 6.42 Å². The van der Waals surface area contributed by atoms with Gasteiger partial charge in [0.25, 0.3) is 0 Å². The average molecular weight is 433 g/mol. The van der Waals surface area contributed by atoms with Crippen LogP contribution in [-0.4, -0.2) is 42.5 Å². The first-order valence-corrected chi connectivity index (χ1v) is 11.1. The second-order valence-electron chi connectivity index (χ2n) is 8.15. The summed E-state index contributed by atoms with van der Waals surface area (Å²) in [6, 6.07) is 12.3. The van der Waals surface area contributed by atoms with Crippen molar-refractivity contribution in [1.82, 2.24) is 20.5 Å². The molecule has 1 saturated heterocycles. The number of fused-ring (bicyclic) bond motifs is 1. The summed E-state index contributed by atoms with van der Waals surface area (Å²) in [6.45, 7) is 4.12. The number of rotatable bonds is 6. The number of hydrogen-bond donors (Lipinski definition) is 2. The Morgan fingerprint density at radius 1 is 1.03 bits per heavy atom. The molecule has 3 heterocycles. The van der Waals surface area contributed by atoms with Gasteiger partial charge in [-0.15, -0.1) is 10.2 Å². The lowest BCUT2D eigenvalue weighted by Gasteiger charge is -2.18. The van der Waals surface area contributed by atoms with Gasteiger partial charge < -0.3 is 24.2 Å². The Morgan fingerprint density at radius 2 is 1.88 bits per heavy atom. The number of nitrogens with one attached hydrogen (secondary N) is 2. The topological polar surface area (TPSA) is 85.2 Å². The number of benzene rings is 2. The monoisotopic (exact) mass is 432 g/mol. The van der Waals surface area contributed by atoms with E-state index in [2.05, 4.69) is 45.6 Å². The van der Waals surface area contributed by atoms with E-state index in [0.29, 0.717) is 23.3 Å². The third kappa shape index (κ3) is 3.62. The summed E-state index contributed by atoms with van der Waals surface area (Å²) in [6.07, 6.45) is 3.10. The van der Waals surface area contributed by atoms with E-state index in [9.17, 15) is 0 Å². The van der Waals surface area contributed by atoms with Gasteiger partial charge in [-0.1, -0.05) is 6.92 Å². The molecule has 0 spiro atoms. The van der Waals surface area contributed by atoms with Gasteiger partial charge in [-0.3, -0.25) is 0 Å². The molecular weight excluding hydrogens is 404 g/mol. The highest BCUT2D eigenvalue weighted by atomic mass is 16.5. The average Bonchev–Trinajstić information content (AvgIpc) is 3.48. The summed E-state index contributed by atoms with van der Waals surface area (Å²) in [5, 5.41) is 13.2. The van der Waals surface area contributed by atoms with Crippen LogP contribution in [0.3, 0.4) is 0 Å². The van der Waals surface area contributed by atoms with Gasteiger partial charge in [0, 0.05) is 40.2 Å². The molecule has 166 valence electrons. The molecule has 2 aromatic carbocycles. The molecule has 1 aliphatic heterocycles. The van der Waals surface area contributed by atoms with Crippen molar-refractivity contribution in [3.63, 3.8) is 0 Å². The molecule has 0 unspecified atom stereocenters. The van der Waals surface area contributed by atoms with Crippen molar-refractivity contribution in [2.45, 2.75) is 32.1 Å². The van der Waals surface area contributed by atoms with Gasteiger partial charge >= 0.3 is 0 Å². The molecule has 0 aliphatic carbocycles. The number of methoxy groups -OCH3 is 2. The molecule has 32 heavy (non-hydrogen) atoms. The second-order valence-corrected chi connectivity index (χ2v) is 8.15. The number of hydrogen-bond acceptors (Lipinski definition) is 6. The summed E-state index contributed by atoms with van der Waals surface area (Å²) >= 11 is 0. The summed E-state index contributed by atoms with van der Waals surface area (Å²) < 4.78 is 17.0. The van der Waals surface area contributed by atoms with Crippen molar-refractivity contribution in [3.05, 3.63) is 47.9 Å². The lowest BCUT2D eigenvalue weighted by Crippen LogP contribution is -2.28. The normalized spacial score (nSPS) is 16.4. The van der Waals surface area contributed by atoms with Gasteiger partial charge in [-0.2, -0.15) is 0 Å². The van der Waals surface area contributed by atoms with Gasteiger partial charge in [-0.25, -0.2) is 0 Å². The number of nitrogens with zero attached hydrogens (tertiary/aromatic N) is 2. The Balaban J connectivity index is 1.53. The number of ether oxygens (including phenoxy) is 2. The summed E-state index contributed by atoms with van der Waals surface area (Å²) in [4.78, 5) is 3.58. The Hall–Kier alpha value is -3.32. The van der Waals surface area contributed by atoms with Crippen LogP contribution >= 0.6 is 0 Å². The van der Waals surface area contributed by atoms with Crippen LogP contribution < -0.4 is 14.8 Å². The van der Waals surface area contributed by atoms with E-state index in [1.807, 2.05) is 18.2 Å². The van der Waals surface area contributed by atoms with Crippen LogP contribution in [0.1, 0.15) is 37.1 Å². The maximum absolute atomic E-state index is 6.08. The molecule has 1 fully saturated rings. The van der Waals surface area contributed by atoms with Crippen molar-refractivity contribution < 1.29 is 13.9 Å².